The van der Waals surface area contributed by atoms with Gasteiger partial charge in [0.15, 0.2) is 0 Å². The molecule has 2 fully saturated rings. The molecule has 1 amide bonds. The molecule has 1 aromatic carbocycles. The summed E-state index contributed by atoms with van der Waals surface area (Å²) in [7, 11) is 0. The van der Waals surface area contributed by atoms with E-state index in [4.69, 9.17) is 0 Å². The number of aryl methyl sites for hydroxylation is 1. The fraction of sp³-hybridized carbons (Fsp3) is 0.421. The van der Waals surface area contributed by atoms with E-state index in [2.05, 4.69) is 46.3 Å². The summed E-state index contributed by atoms with van der Waals surface area (Å²) in [6.45, 7) is 7.00. The van der Waals surface area contributed by atoms with E-state index in [0.29, 0.717) is 17.4 Å². The molecule has 2 aromatic rings. The molecule has 5 nitrogen and oxygen atoms in total. The van der Waals surface area contributed by atoms with Crippen LogP contribution in [0.25, 0.3) is 0 Å². The first kappa shape index (κ1) is 15.3. The number of amides is 1. The van der Waals surface area contributed by atoms with Gasteiger partial charge in [-0.25, -0.2) is 0 Å². The molecule has 2 aliphatic rings. The maximum absolute atomic E-state index is 12.5. The minimum atomic E-state index is 0.0874. The SMILES string of the molecule is Cc1ccc(CN2C[C@@H]3CN(C(=O)c4ccnnc4)C[C@@H]3C2)cc1. The van der Waals surface area contributed by atoms with Crippen molar-refractivity contribution in [3.63, 3.8) is 0 Å². The zero-order valence-electron chi connectivity index (χ0n) is 13.9. The fourth-order valence-corrected chi connectivity index (χ4v) is 3.94. The Hall–Kier alpha value is -2.27. The first-order valence-corrected chi connectivity index (χ1v) is 8.53. The highest BCUT2D eigenvalue weighted by molar-refractivity contribution is 5.94. The van der Waals surface area contributed by atoms with Crippen molar-refractivity contribution in [2.45, 2.75) is 13.5 Å². The van der Waals surface area contributed by atoms with Crippen LogP contribution >= 0.6 is 0 Å². The maximum atomic E-state index is 12.5. The number of hydrogen-bond acceptors (Lipinski definition) is 4. The molecular formula is C19H22N4O. The molecule has 3 heterocycles. The summed E-state index contributed by atoms with van der Waals surface area (Å²) < 4.78 is 0. The van der Waals surface area contributed by atoms with Crippen molar-refractivity contribution in [2.75, 3.05) is 26.2 Å². The Morgan fingerprint density at radius 1 is 1.04 bits per heavy atom. The molecule has 0 saturated carbocycles. The van der Waals surface area contributed by atoms with Crippen LogP contribution in [-0.4, -0.2) is 52.1 Å². The van der Waals surface area contributed by atoms with Crippen LogP contribution in [0.1, 0.15) is 21.5 Å². The number of aromatic nitrogens is 2. The van der Waals surface area contributed by atoms with Crippen molar-refractivity contribution in [1.29, 1.82) is 0 Å². The molecule has 2 aliphatic heterocycles. The summed E-state index contributed by atoms with van der Waals surface area (Å²) in [5, 5.41) is 7.55. The van der Waals surface area contributed by atoms with Gasteiger partial charge in [-0.2, -0.15) is 10.2 Å². The molecule has 2 saturated heterocycles. The van der Waals surface area contributed by atoms with Crippen LogP contribution in [0, 0.1) is 18.8 Å². The van der Waals surface area contributed by atoms with Crippen molar-refractivity contribution in [3.8, 4) is 0 Å². The lowest BCUT2D eigenvalue weighted by Gasteiger charge is -2.21. The Balaban J connectivity index is 1.35. The highest BCUT2D eigenvalue weighted by Crippen LogP contribution is 2.32. The number of fused-ring (bicyclic) bond motifs is 1. The molecule has 0 spiro atoms. The summed E-state index contributed by atoms with van der Waals surface area (Å²) in [5.74, 6) is 1.27. The first-order chi connectivity index (χ1) is 11.7. The van der Waals surface area contributed by atoms with E-state index in [0.717, 1.165) is 32.7 Å². The molecule has 0 bridgehead atoms. The van der Waals surface area contributed by atoms with Crippen LogP contribution in [0.15, 0.2) is 42.7 Å². The van der Waals surface area contributed by atoms with Crippen molar-refractivity contribution in [3.05, 3.63) is 59.4 Å². The minimum absolute atomic E-state index is 0.0874. The highest BCUT2D eigenvalue weighted by atomic mass is 16.2. The zero-order valence-corrected chi connectivity index (χ0v) is 13.9. The summed E-state index contributed by atoms with van der Waals surface area (Å²) in [5.41, 5.74) is 3.31. The van der Waals surface area contributed by atoms with Gasteiger partial charge in [-0.15, -0.1) is 0 Å². The van der Waals surface area contributed by atoms with Crippen molar-refractivity contribution >= 4 is 5.91 Å². The Bertz CT molecular complexity index is 702. The van der Waals surface area contributed by atoms with Crippen molar-refractivity contribution in [1.82, 2.24) is 20.0 Å². The topological polar surface area (TPSA) is 49.3 Å². The van der Waals surface area contributed by atoms with E-state index in [1.165, 1.54) is 11.1 Å². The molecule has 0 radical (unpaired) electrons. The molecule has 0 unspecified atom stereocenters. The Morgan fingerprint density at radius 2 is 1.75 bits per heavy atom. The van der Waals surface area contributed by atoms with Crippen LogP contribution in [0.4, 0.5) is 0 Å². The first-order valence-electron chi connectivity index (χ1n) is 8.53. The van der Waals surface area contributed by atoms with Crippen LogP contribution in [-0.2, 0) is 6.54 Å². The third kappa shape index (κ3) is 3.04. The molecule has 4 rings (SSSR count). The normalized spacial score (nSPS) is 23.5. The van der Waals surface area contributed by atoms with E-state index in [9.17, 15) is 4.79 Å². The third-order valence-electron chi connectivity index (χ3n) is 5.21. The second-order valence-electron chi connectivity index (χ2n) is 7.04. The second kappa shape index (κ2) is 6.32. The molecular weight excluding hydrogens is 300 g/mol. The number of hydrogen-bond donors (Lipinski definition) is 0. The van der Waals surface area contributed by atoms with Crippen LogP contribution < -0.4 is 0 Å². The van der Waals surface area contributed by atoms with Gasteiger partial charge in [0.05, 0.1) is 18.0 Å². The molecule has 5 heteroatoms. The number of carbonyl (C=O) groups is 1. The number of benzene rings is 1. The summed E-state index contributed by atoms with van der Waals surface area (Å²) in [4.78, 5) is 17.0. The van der Waals surface area contributed by atoms with Gasteiger partial charge in [-0.3, -0.25) is 9.69 Å². The quantitative estimate of drug-likeness (QED) is 0.867. The van der Waals surface area contributed by atoms with Crippen molar-refractivity contribution < 1.29 is 4.79 Å². The lowest BCUT2D eigenvalue weighted by atomic mass is 10.0. The molecule has 0 N–H and O–H groups in total. The summed E-state index contributed by atoms with van der Waals surface area (Å²) in [6, 6.07) is 10.5. The van der Waals surface area contributed by atoms with E-state index < -0.39 is 0 Å². The molecule has 0 aliphatic carbocycles. The lowest BCUT2D eigenvalue weighted by Crippen LogP contribution is -2.33. The maximum Gasteiger partial charge on any atom is 0.255 e. The van der Waals surface area contributed by atoms with Gasteiger partial charge in [-0.1, -0.05) is 29.8 Å². The fourth-order valence-electron chi connectivity index (χ4n) is 3.94. The average molecular weight is 322 g/mol. The van der Waals surface area contributed by atoms with Gasteiger partial charge >= 0.3 is 0 Å². The largest absolute Gasteiger partial charge is 0.338 e. The van der Waals surface area contributed by atoms with Crippen LogP contribution in [0.3, 0.4) is 0 Å². The monoisotopic (exact) mass is 322 g/mol. The third-order valence-corrected chi connectivity index (χ3v) is 5.21. The van der Waals surface area contributed by atoms with E-state index in [1.807, 2.05) is 4.90 Å². The number of carbonyl (C=O) groups excluding carboxylic acids is 1. The second-order valence-corrected chi connectivity index (χ2v) is 7.04. The van der Waals surface area contributed by atoms with Gasteiger partial charge in [0.1, 0.15) is 0 Å². The van der Waals surface area contributed by atoms with Gasteiger partial charge in [-0.05, 0) is 30.4 Å². The van der Waals surface area contributed by atoms with Crippen molar-refractivity contribution in [2.24, 2.45) is 11.8 Å². The number of rotatable bonds is 3. The predicted molar refractivity (Wildman–Crippen MR) is 91.4 cm³/mol. The van der Waals surface area contributed by atoms with Gasteiger partial charge in [0, 0.05) is 32.7 Å². The lowest BCUT2D eigenvalue weighted by molar-refractivity contribution is 0.0772. The number of likely N-dealkylation sites (tertiary alicyclic amines) is 2. The molecule has 24 heavy (non-hydrogen) atoms. The standard InChI is InChI=1S/C19H22N4O/c1-14-2-4-15(5-3-14)9-22-10-17-12-23(13-18(17)11-22)19(24)16-6-7-20-21-8-16/h2-8,17-18H,9-13H2,1H3/t17-,18+. The van der Waals surface area contributed by atoms with E-state index >= 15 is 0 Å². The Kier molecular flexibility index (Phi) is 4.02. The average Bonchev–Trinajstić information content (AvgIpc) is 3.15. The van der Waals surface area contributed by atoms with Gasteiger partial charge in [0.2, 0.25) is 0 Å². The zero-order chi connectivity index (χ0) is 16.5. The predicted octanol–water partition coefficient (Wildman–Crippen LogP) is 1.99. The highest BCUT2D eigenvalue weighted by Gasteiger charge is 2.41. The summed E-state index contributed by atoms with van der Waals surface area (Å²) >= 11 is 0. The molecule has 2 atom stereocenters. The van der Waals surface area contributed by atoms with E-state index in [-0.39, 0.29) is 5.91 Å². The van der Waals surface area contributed by atoms with Crippen LogP contribution in [0.5, 0.6) is 0 Å². The van der Waals surface area contributed by atoms with E-state index in [1.54, 1.807) is 18.5 Å². The van der Waals surface area contributed by atoms with Gasteiger partial charge in [0.25, 0.3) is 5.91 Å². The molecule has 124 valence electrons. The Morgan fingerprint density at radius 3 is 2.38 bits per heavy atom. The van der Waals surface area contributed by atoms with Crippen LogP contribution in [0.2, 0.25) is 0 Å². The van der Waals surface area contributed by atoms with Gasteiger partial charge < -0.3 is 4.90 Å². The minimum Gasteiger partial charge on any atom is -0.338 e. The smallest absolute Gasteiger partial charge is 0.255 e. The number of nitrogens with zero attached hydrogens (tertiary/aromatic N) is 4. The summed E-state index contributed by atoms with van der Waals surface area (Å²) in [6.07, 6.45) is 3.13. The Labute approximate surface area is 142 Å². The molecule has 1 aromatic heterocycles.